The third kappa shape index (κ3) is 2.01. The van der Waals surface area contributed by atoms with Gasteiger partial charge in [0.25, 0.3) is 0 Å². The summed E-state index contributed by atoms with van der Waals surface area (Å²) in [4.78, 5) is 16.6. The molecule has 17 heavy (non-hydrogen) atoms. The molecule has 1 aliphatic rings. The molecular formula is C11H9N3OS2. The predicted molar refractivity (Wildman–Crippen MR) is 71.3 cm³/mol. The Morgan fingerprint density at radius 1 is 1.41 bits per heavy atom. The molecule has 4 nitrogen and oxygen atoms in total. The molecule has 0 bridgehead atoms. The van der Waals surface area contributed by atoms with Crippen molar-refractivity contribution in [2.75, 3.05) is 16.8 Å². The molecule has 2 aromatic rings. The minimum atomic E-state index is 0.0401. The molecule has 0 fully saturated rings. The fourth-order valence-electron chi connectivity index (χ4n) is 1.63. The predicted octanol–water partition coefficient (Wildman–Crippen LogP) is 2.44. The minimum absolute atomic E-state index is 0.0401. The number of carbonyl (C=O) groups is 1. The van der Waals surface area contributed by atoms with Gasteiger partial charge in [-0.3, -0.25) is 4.79 Å². The first kappa shape index (κ1) is 10.6. The maximum absolute atomic E-state index is 11.3. The molecule has 1 aromatic carbocycles. The van der Waals surface area contributed by atoms with Gasteiger partial charge in [-0.1, -0.05) is 6.07 Å². The smallest absolute Gasteiger partial charge is 0.234 e. The van der Waals surface area contributed by atoms with Crippen LogP contribution in [0.4, 0.5) is 11.5 Å². The van der Waals surface area contributed by atoms with Crippen LogP contribution in [-0.4, -0.2) is 16.6 Å². The van der Waals surface area contributed by atoms with Crippen LogP contribution in [0.3, 0.4) is 0 Å². The van der Waals surface area contributed by atoms with E-state index in [9.17, 15) is 4.79 Å². The number of carbonyl (C=O) groups excluding carboxylic acids is 1. The molecular weight excluding hydrogens is 254 g/mol. The number of hydrogen-bond acceptors (Lipinski definition) is 5. The normalized spacial score (nSPS) is 14.2. The molecule has 3 rings (SSSR count). The molecule has 6 heteroatoms. The van der Waals surface area contributed by atoms with E-state index < -0.39 is 0 Å². The van der Waals surface area contributed by atoms with Crippen molar-refractivity contribution < 1.29 is 4.79 Å². The Kier molecular flexibility index (Phi) is 2.53. The lowest BCUT2D eigenvalue weighted by atomic mass is 10.2. The standard InChI is InChI=1S/C11H9N3OS2/c12-9-4-17-11(14-9)6-1-2-8-7(3-6)13-10(15)5-16-8/h1-4H,5,12H2,(H,13,15). The zero-order valence-electron chi connectivity index (χ0n) is 8.77. The number of thioether (sulfide) groups is 1. The Labute approximate surface area is 106 Å². The molecule has 0 spiro atoms. The Hall–Kier alpha value is -1.53. The summed E-state index contributed by atoms with van der Waals surface area (Å²) in [5.41, 5.74) is 7.44. The number of anilines is 2. The van der Waals surface area contributed by atoms with E-state index in [0.29, 0.717) is 11.6 Å². The third-order valence-electron chi connectivity index (χ3n) is 2.38. The zero-order valence-corrected chi connectivity index (χ0v) is 10.4. The number of amides is 1. The third-order valence-corrected chi connectivity index (χ3v) is 4.36. The molecule has 0 atom stereocenters. The van der Waals surface area contributed by atoms with Gasteiger partial charge in [0.05, 0.1) is 11.4 Å². The van der Waals surface area contributed by atoms with Gasteiger partial charge in [-0.2, -0.15) is 0 Å². The number of nitrogens with one attached hydrogen (secondary N) is 1. The molecule has 2 heterocycles. The summed E-state index contributed by atoms with van der Waals surface area (Å²) in [6, 6.07) is 5.95. The highest BCUT2D eigenvalue weighted by atomic mass is 32.2. The van der Waals surface area contributed by atoms with Crippen molar-refractivity contribution in [2.45, 2.75) is 4.90 Å². The molecule has 0 saturated carbocycles. The van der Waals surface area contributed by atoms with E-state index in [4.69, 9.17) is 5.73 Å². The first-order valence-corrected chi connectivity index (χ1v) is 6.87. The molecule has 0 unspecified atom stereocenters. The van der Waals surface area contributed by atoms with Crippen molar-refractivity contribution in [3.8, 4) is 10.6 Å². The molecule has 86 valence electrons. The van der Waals surface area contributed by atoms with Crippen molar-refractivity contribution >= 4 is 40.5 Å². The van der Waals surface area contributed by atoms with Gasteiger partial charge in [0.2, 0.25) is 5.91 Å². The molecule has 0 radical (unpaired) electrons. The number of nitrogen functional groups attached to an aromatic ring is 1. The van der Waals surface area contributed by atoms with Gasteiger partial charge in [0.1, 0.15) is 10.8 Å². The van der Waals surface area contributed by atoms with E-state index in [1.807, 2.05) is 23.6 Å². The molecule has 3 N–H and O–H groups in total. The molecule has 1 aliphatic heterocycles. The highest BCUT2D eigenvalue weighted by Crippen LogP contribution is 2.35. The summed E-state index contributed by atoms with van der Waals surface area (Å²) >= 11 is 3.05. The van der Waals surface area contributed by atoms with Crippen molar-refractivity contribution in [2.24, 2.45) is 0 Å². The van der Waals surface area contributed by atoms with Gasteiger partial charge in [-0.15, -0.1) is 23.1 Å². The average Bonchev–Trinajstić information content (AvgIpc) is 2.75. The van der Waals surface area contributed by atoms with Crippen LogP contribution in [0, 0.1) is 0 Å². The van der Waals surface area contributed by atoms with E-state index >= 15 is 0 Å². The van der Waals surface area contributed by atoms with Crippen LogP contribution in [-0.2, 0) is 4.79 Å². The Balaban J connectivity index is 2.03. The number of nitrogens with two attached hydrogens (primary N) is 1. The van der Waals surface area contributed by atoms with Crippen molar-refractivity contribution in [3.63, 3.8) is 0 Å². The van der Waals surface area contributed by atoms with E-state index in [1.165, 1.54) is 11.3 Å². The SMILES string of the molecule is Nc1csc(-c2ccc3c(c2)NC(=O)CS3)n1. The minimum Gasteiger partial charge on any atom is -0.383 e. The fourth-order valence-corrected chi connectivity index (χ4v) is 3.13. The highest BCUT2D eigenvalue weighted by Gasteiger charge is 2.16. The second-order valence-corrected chi connectivity index (χ2v) is 5.50. The highest BCUT2D eigenvalue weighted by molar-refractivity contribution is 8.00. The Morgan fingerprint density at radius 2 is 2.29 bits per heavy atom. The van der Waals surface area contributed by atoms with Crippen LogP contribution in [0.1, 0.15) is 0 Å². The second kappa shape index (κ2) is 4.05. The molecule has 0 aliphatic carbocycles. The van der Waals surface area contributed by atoms with Gasteiger partial charge in [0, 0.05) is 15.8 Å². The lowest BCUT2D eigenvalue weighted by molar-refractivity contribution is -0.113. The lowest BCUT2D eigenvalue weighted by Crippen LogP contribution is -2.18. The lowest BCUT2D eigenvalue weighted by Gasteiger charge is -2.16. The molecule has 1 aromatic heterocycles. The maximum Gasteiger partial charge on any atom is 0.234 e. The molecule has 1 amide bonds. The zero-order chi connectivity index (χ0) is 11.8. The van der Waals surface area contributed by atoms with Crippen LogP contribution in [0.25, 0.3) is 10.6 Å². The molecule has 0 saturated heterocycles. The Morgan fingerprint density at radius 3 is 3.06 bits per heavy atom. The first-order valence-electron chi connectivity index (χ1n) is 5.00. The summed E-state index contributed by atoms with van der Waals surface area (Å²) in [7, 11) is 0. The quantitative estimate of drug-likeness (QED) is 0.829. The van der Waals surface area contributed by atoms with Gasteiger partial charge < -0.3 is 11.1 Å². The number of benzene rings is 1. The van der Waals surface area contributed by atoms with Crippen molar-refractivity contribution in [1.29, 1.82) is 0 Å². The summed E-state index contributed by atoms with van der Waals surface area (Å²) in [6.45, 7) is 0. The average molecular weight is 263 g/mol. The number of aromatic nitrogens is 1. The van der Waals surface area contributed by atoms with Gasteiger partial charge in [-0.25, -0.2) is 4.98 Å². The van der Waals surface area contributed by atoms with Crippen LogP contribution < -0.4 is 11.1 Å². The van der Waals surface area contributed by atoms with Crippen LogP contribution in [0.2, 0.25) is 0 Å². The summed E-state index contributed by atoms with van der Waals surface area (Å²) in [6.07, 6.45) is 0. The first-order chi connectivity index (χ1) is 8.22. The largest absolute Gasteiger partial charge is 0.383 e. The maximum atomic E-state index is 11.3. The van der Waals surface area contributed by atoms with Gasteiger partial charge >= 0.3 is 0 Å². The number of rotatable bonds is 1. The summed E-state index contributed by atoms with van der Waals surface area (Å²) in [5, 5.41) is 5.54. The Bertz CT molecular complexity index is 594. The van der Waals surface area contributed by atoms with Crippen molar-refractivity contribution in [3.05, 3.63) is 23.6 Å². The van der Waals surface area contributed by atoms with Crippen LogP contribution in [0.15, 0.2) is 28.5 Å². The van der Waals surface area contributed by atoms with E-state index in [0.717, 1.165) is 21.2 Å². The number of nitrogens with zero attached hydrogens (tertiary/aromatic N) is 1. The number of fused-ring (bicyclic) bond motifs is 1. The van der Waals surface area contributed by atoms with Gasteiger partial charge in [-0.05, 0) is 12.1 Å². The fraction of sp³-hybridized carbons (Fsp3) is 0.0909. The summed E-state index contributed by atoms with van der Waals surface area (Å²) < 4.78 is 0. The monoisotopic (exact) mass is 263 g/mol. The number of hydrogen-bond donors (Lipinski definition) is 2. The topological polar surface area (TPSA) is 68.0 Å². The van der Waals surface area contributed by atoms with E-state index in [2.05, 4.69) is 10.3 Å². The van der Waals surface area contributed by atoms with Gasteiger partial charge in [0.15, 0.2) is 0 Å². The van der Waals surface area contributed by atoms with E-state index in [-0.39, 0.29) is 5.91 Å². The van der Waals surface area contributed by atoms with Crippen molar-refractivity contribution in [1.82, 2.24) is 4.98 Å². The number of thiazole rings is 1. The second-order valence-electron chi connectivity index (χ2n) is 3.63. The van der Waals surface area contributed by atoms with Crippen LogP contribution in [0.5, 0.6) is 0 Å². The van der Waals surface area contributed by atoms with E-state index in [1.54, 1.807) is 11.8 Å². The summed E-state index contributed by atoms with van der Waals surface area (Å²) in [5.74, 6) is 1.05. The van der Waals surface area contributed by atoms with Crippen LogP contribution >= 0.6 is 23.1 Å².